The molecule has 0 amide bonds. The first-order valence-corrected chi connectivity index (χ1v) is 16.0. The molecule has 248 valence electrons. The monoisotopic (exact) mass is 703 g/mol. The normalized spacial score (nSPS) is 11.7. The Kier molecular flexibility index (Phi) is 8.64. The number of rotatable bonds is 7. The summed E-state index contributed by atoms with van der Waals surface area (Å²) in [6, 6.07) is 12.4. The number of pyridine rings is 2. The molecule has 0 radical (unpaired) electrons. The van der Waals surface area contributed by atoms with Crippen LogP contribution in [0.15, 0.2) is 52.6 Å². The second kappa shape index (κ2) is 12.6. The number of hydrogen-bond donors (Lipinski definition) is 1. The molecule has 0 bridgehead atoms. The van der Waals surface area contributed by atoms with E-state index >= 15 is 0 Å². The first kappa shape index (κ1) is 33.6. The number of alkyl halides is 3. The van der Waals surface area contributed by atoms with Crippen molar-refractivity contribution in [1.29, 1.82) is 5.26 Å². The SMILES string of the molecule is Cc1cc(-c2cc(Cl)ccc2OCCn2c(C)nc3cc(C(F)(F)F)c(-c4ccc(C)c(C)n4)c(C#N)c3c2=O)c2scc(C(=O)O)c2n1. The molecular formula is C35H25ClF3N5O4S. The molecule has 9 nitrogen and oxygen atoms in total. The Morgan fingerprint density at radius 1 is 1.06 bits per heavy atom. The van der Waals surface area contributed by atoms with Gasteiger partial charge in [0.25, 0.3) is 5.56 Å². The predicted molar refractivity (Wildman–Crippen MR) is 180 cm³/mol. The van der Waals surface area contributed by atoms with Crippen LogP contribution in [0.25, 0.3) is 43.5 Å². The highest BCUT2D eigenvalue weighted by Gasteiger charge is 2.37. The van der Waals surface area contributed by atoms with Gasteiger partial charge in [0.2, 0.25) is 0 Å². The van der Waals surface area contributed by atoms with Crippen LogP contribution in [0, 0.1) is 39.0 Å². The number of nitrogens with zero attached hydrogens (tertiary/aromatic N) is 5. The molecule has 1 N–H and O–H groups in total. The zero-order valence-corrected chi connectivity index (χ0v) is 27.9. The predicted octanol–water partition coefficient (Wildman–Crippen LogP) is 8.29. The van der Waals surface area contributed by atoms with Gasteiger partial charge in [-0.05, 0) is 69.7 Å². The van der Waals surface area contributed by atoms with Gasteiger partial charge in [0.05, 0.1) is 50.0 Å². The molecular weight excluding hydrogens is 679 g/mol. The third-order valence-corrected chi connectivity index (χ3v) is 9.38. The van der Waals surface area contributed by atoms with Crippen molar-refractivity contribution < 1.29 is 27.8 Å². The van der Waals surface area contributed by atoms with Crippen molar-refractivity contribution in [2.75, 3.05) is 6.61 Å². The minimum Gasteiger partial charge on any atom is -0.491 e. The summed E-state index contributed by atoms with van der Waals surface area (Å²) in [5, 5.41) is 21.5. The maximum atomic E-state index is 14.4. The molecule has 2 aromatic carbocycles. The van der Waals surface area contributed by atoms with E-state index in [0.717, 1.165) is 11.6 Å². The van der Waals surface area contributed by atoms with E-state index in [1.165, 1.54) is 34.3 Å². The van der Waals surface area contributed by atoms with E-state index in [2.05, 4.69) is 15.0 Å². The van der Waals surface area contributed by atoms with Crippen molar-refractivity contribution in [2.24, 2.45) is 0 Å². The highest BCUT2D eigenvalue weighted by Crippen LogP contribution is 2.42. The highest BCUT2D eigenvalue weighted by atomic mass is 35.5. The number of carboxylic acids is 1. The fraction of sp³-hybridized carbons (Fsp3) is 0.200. The molecule has 0 aliphatic rings. The summed E-state index contributed by atoms with van der Waals surface area (Å²) >= 11 is 7.59. The lowest BCUT2D eigenvalue weighted by atomic mass is 9.93. The molecule has 0 saturated carbocycles. The van der Waals surface area contributed by atoms with Gasteiger partial charge in [-0.1, -0.05) is 17.7 Å². The Morgan fingerprint density at radius 2 is 1.82 bits per heavy atom. The molecule has 49 heavy (non-hydrogen) atoms. The molecule has 0 fully saturated rings. The van der Waals surface area contributed by atoms with Crippen molar-refractivity contribution in [1.82, 2.24) is 19.5 Å². The topological polar surface area (TPSA) is 131 Å². The van der Waals surface area contributed by atoms with Crippen LogP contribution in [0.5, 0.6) is 5.75 Å². The second-order valence-electron chi connectivity index (χ2n) is 11.3. The van der Waals surface area contributed by atoms with E-state index in [4.69, 9.17) is 16.3 Å². The number of carbonyl (C=O) groups is 1. The van der Waals surface area contributed by atoms with Gasteiger partial charge < -0.3 is 9.84 Å². The fourth-order valence-corrected chi connectivity index (χ4v) is 6.88. The molecule has 0 aliphatic heterocycles. The number of aromatic carboxylic acids is 1. The molecule has 0 unspecified atom stereocenters. The first-order valence-electron chi connectivity index (χ1n) is 14.7. The van der Waals surface area contributed by atoms with Crippen molar-refractivity contribution in [2.45, 2.75) is 40.4 Å². The lowest BCUT2D eigenvalue weighted by Crippen LogP contribution is -2.27. The number of nitriles is 1. The van der Waals surface area contributed by atoms with E-state index < -0.39 is 34.4 Å². The molecule has 6 aromatic rings. The Balaban J connectivity index is 1.42. The van der Waals surface area contributed by atoms with Gasteiger partial charge in [0, 0.05) is 38.5 Å². The third kappa shape index (κ3) is 6.09. The van der Waals surface area contributed by atoms with E-state index in [1.54, 1.807) is 51.1 Å². The Morgan fingerprint density at radius 3 is 2.49 bits per heavy atom. The summed E-state index contributed by atoms with van der Waals surface area (Å²) in [5.41, 5.74) is 0.332. The Labute approximate surface area is 285 Å². The number of benzene rings is 2. The van der Waals surface area contributed by atoms with Gasteiger partial charge in [-0.2, -0.15) is 18.4 Å². The van der Waals surface area contributed by atoms with Crippen LogP contribution in [-0.2, 0) is 12.7 Å². The summed E-state index contributed by atoms with van der Waals surface area (Å²) in [6.45, 7) is 6.50. The quantitative estimate of drug-likeness (QED) is 0.176. The molecule has 0 aliphatic carbocycles. The zero-order valence-electron chi connectivity index (χ0n) is 26.4. The maximum Gasteiger partial charge on any atom is 0.417 e. The summed E-state index contributed by atoms with van der Waals surface area (Å²) in [7, 11) is 0. The Hall–Kier alpha value is -5.32. The smallest absolute Gasteiger partial charge is 0.417 e. The Bertz CT molecular complexity index is 2450. The molecule has 0 atom stereocenters. The van der Waals surface area contributed by atoms with Crippen LogP contribution >= 0.6 is 22.9 Å². The number of aryl methyl sites for hydroxylation is 4. The van der Waals surface area contributed by atoms with Crippen molar-refractivity contribution >= 4 is 50.0 Å². The number of fused-ring (bicyclic) bond motifs is 2. The number of hydrogen-bond acceptors (Lipinski definition) is 8. The van der Waals surface area contributed by atoms with E-state index in [1.807, 2.05) is 6.07 Å². The van der Waals surface area contributed by atoms with Gasteiger partial charge in [0.15, 0.2) is 0 Å². The van der Waals surface area contributed by atoms with Crippen molar-refractivity contribution in [3.05, 3.63) is 103 Å². The lowest BCUT2D eigenvalue weighted by Gasteiger charge is -2.18. The van der Waals surface area contributed by atoms with Crippen LogP contribution in [0.3, 0.4) is 0 Å². The van der Waals surface area contributed by atoms with E-state index in [-0.39, 0.29) is 41.1 Å². The average molecular weight is 704 g/mol. The van der Waals surface area contributed by atoms with Crippen LogP contribution < -0.4 is 10.3 Å². The van der Waals surface area contributed by atoms with Gasteiger partial charge in [-0.15, -0.1) is 11.3 Å². The number of halogens is 4. The minimum atomic E-state index is -4.86. The number of carboxylic acid groups (broad SMARTS) is 1. The summed E-state index contributed by atoms with van der Waals surface area (Å²) in [5.74, 6) is -0.594. The number of thiophene rings is 1. The first-order chi connectivity index (χ1) is 23.2. The van der Waals surface area contributed by atoms with Crippen LogP contribution in [-0.4, -0.2) is 37.2 Å². The standard InChI is InChI=1S/C35H25ClF3N5O4S/c1-16-5-7-26(42-18(16)3)29-23(14-40)30-27(13-25(29)35(37,38)39)43-19(4)44(33(30)45)9-10-48-28-8-6-20(36)12-21(28)22-11-17(2)41-31-24(34(46)47)15-49-32(22)31/h5-8,11-13,15H,9-10H2,1-4H3,(H,46,47). The van der Waals surface area contributed by atoms with Gasteiger partial charge in [-0.25, -0.2) is 9.78 Å². The second-order valence-corrected chi connectivity index (χ2v) is 12.6. The maximum absolute atomic E-state index is 14.4. The van der Waals surface area contributed by atoms with E-state index in [0.29, 0.717) is 43.5 Å². The summed E-state index contributed by atoms with van der Waals surface area (Å²) in [6.07, 6.45) is -4.86. The summed E-state index contributed by atoms with van der Waals surface area (Å²) in [4.78, 5) is 38.8. The fourth-order valence-electron chi connectivity index (χ4n) is 5.70. The molecule has 0 saturated heterocycles. The molecule has 6 rings (SSSR count). The van der Waals surface area contributed by atoms with Crippen LogP contribution in [0.2, 0.25) is 5.02 Å². The largest absolute Gasteiger partial charge is 0.491 e. The van der Waals surface area contributed by atoms with Crippen LogP contribution in [0.1, 0.15) is 44.3 Å². The van der Waals surface area contributed by atoms with Crippen LogP contribution in [0.4, 0.5) is 13.2 Å². The minimum absolute atomic E-state index is 0.0638. The van der Waals surface area contributed by atoms with Gasteiger partial charge in [0.1, 0.15) is 24.3 Å². The lowest BCUT2D eigenvalue weighted by molar-refractivity contribution is -0.137. The zero-order chi connectivity index (χ0) is 35.4. The number of ether oxygens (including phenoxy) is 1. The molecule has 4 heterocycles. The third-order valence-electron chi connectivity index (χ3n) is 8.15. The van der Waals surface area contributed by atoms with Gasteiger partial charge >= 0.3 is 12.1 Å². The summed E-state index contributed by atoms with van der Waals surface area (Å²) < 4.78 is 51.2. The van der Waals surface area contributed by atoms with E-state index in [9.17, 15) is 33.1 Å². The number of aromatic nitrogens is 4. The van der Waals surface area contributed by atoms with Crippen molar-refractivity contribution in [3.8, 4) is 34.2 Å². The molecule has 4 aromatic heterocycles. The molecule has 0 spiro atoms. The molecule has 14 heteroatoms. The highest BCUT2D eigenvalue weighted by molar-refractivity contribution is 7.18. The average Bonchev–Trinajstić information content (AvgIpc) is 3.47. The van der Waals surface area contributed by atoms with Gasteiger partial charge in [-0.3, -0.25) is 19.3 Å². The van der Waals surface area contributed by atoms with Crippen molar-refractivity contribution in [3.63, 3.8) is 0 Å².